The number of aryl methyl sites for hydroxylation is 1. The average molecular weight is 330 g/mol. The fourth-order valence-electron chi connectivity index (χ4n) is 2.78. The number of nitrogens with one attached hydrogen (secondary N) is 1. The van der Waals surface area contributed by atoms with Crippen molar-refractivity contribution in [2.75, 3.05) is 11.3 Å². The Morgan fingerprint density at radius 3 is 2.83 bits per heavy atom. The van der Waals surface area contributed by atoms with Crippen LogP contribution in [0.3, 0.4) is 0 Å². The summed E-state index contributed by atoms with van der Waals surface area (Å²) >= 11 is 0. The van der Waals surface area contributed by atoms with Crippen molar-refractivity contribution in [1.82, 2.24) is 0 Å². The van der Waals surface area contributed by atoms with Crippen LogP contribution in [0.25, 0.3) is 0 Å². The van der Waals surface area contributed by atoms with E-state index in [-0.39, 0.29) is 4.90 Å². The lowest BCUT2D eigenvalue weighted by Gasteiger charge is -2.17. The number of para-hydroxylation sites is 1. The zero-order valence-electron chi connectivity index (χ0n) is 13.1. The maximum atomic E-state index is 12.7. The molecule has 1 radical (unpaired) electrons. The molecule has 1 aliphatic carbocycles. The van der Waals surface area contributed by atoms with Gasteiger partial charge < -0.3 is 4.74 Å². The monoisotopic (exact) mass is 330 g/mol. The summed E-state index contributed by atoms with van der Waals surface area (Å²) in [5.74, 6) is 0.368. The lowest BCUT2D eigenvalue weighted by molar-refractivity contribution is 0.331. The Hall–Kier alpha value is -2.01. The second-order valence-corrected chi connectivity index (χ2v) is 7.15. The minimum absolute atomic E-state index is 0.156. The highest BCUT2D eigenvalue weighted by Crippen LogP contribution is 2.29. The van der Waals surface area contributed by atoms with Crippen LogP contribution in [0.1, 0.15) is 30.9 Å². The van der Waals surface area contributed by atoms with Crippen molar-refractivity contribution in [3.8, 4) is 5.75 Å². The van der Waals surface area contributed by atoms with Crippen molar-refractivity contribution < 1.29 is 13.2 Å². The quantitative estimate of drug-likeness (QED) is 0.908. The molecule has 121 valence electrons. The zero-order valence-corrected chi connectivity index (χ0v) is 13.9. The van der Waals surface area contributed by atoms with Gasteiger partial charge in [-0.3, -0.25) is 4.72 Å². The van der Waals surface area contributed by atoms with Gasteiger partial charge in [0.25, 0.3) is 10.0 Å². The SMILES string of the molecule is CCOc1ccccc1S(=O)(=O)Nc1ccc2c(c1)[CH]CCC2. The Morgan fingerprint density at radius 2 is 2.00 bits per heavy atom. The highest BCUT2D eigenvalue weighted by atomic mass is 32.2. The molecule has 4 nitrogen and oxygen atoms in total. The molecule has 1 N–H and O–H groups in total. The summed E-state index contributed by atoms with van der Waals surface area (Å²) in [7, 11) is -3.68. The summed E-state index contributed by atoms with van der Waals surface area (Å²) < 4.78 is 33.4. The van der Waals surface area contributed by atoms with Gasteiger partial charge in [-0.2, -0.15) is 0 Å². The van der Waals surface area contributed by atoms with Crippen LogP contribution in [-0.4, -0.2) is 15.0 Å². The Kier molecular flexibility index (Phi) is 4.57. The smallest absolute Gasteiger partial charge is 0.265 e. The van der Waals surface area contributed by atoms with Gasteiger partial charge in [-0.1, -0.05) is 18.2 Å². The number of ether oxygens (including phenoxy) is 1. The molecule has 0 heterocycles. The van der Waals surface area contributed by atoms with E-state index in [1.54, 1.807) is 24.3 Å². The van der Waals surface area contributed by atoms with Crippen molar-refractivity contribution >= 4 is 15.7 Å². The maximum Gasteiger partial charge on any atom is 0.265 e. The maximum absolute atomic E-state index is 12.7. The van der Waals surface area contributed by atoms with Gasteiger partial charge in [-0.25, -0.2) is 8.42 Å². The summed E-state index contributed by atoms with van der Waals surface area (Å²) in [6.45, 7) is 2.25. The Bertz CT molecular complexity index is 800. The molecule has 0 atom stereocenters. The van der Waals surface area contributed by atoms with Crippen LogP contribution < -0.4 is 9.46 Å². The third-order valence-corrected chi connectivity index (χ3v) is 5.27. The molecule has 0 spiro atoms. The van der Waals surface area contributed by atoms with Crippen LogP contribution in [0.2, 0.25) is 0 Å². The molecule has 2 aromatic rings. The van der Waals surface area contributed by atoms with Crippen molar-refractivity contribution in [1.29, 1.82) is 0 Å². The molecule has 3 rings (SSSR count). The second kappa shape index (κ2) is 6.62. The molecule has 2 aromatic carbocycles. The second-order valence-electron chi connectivity index (χ2n) is 5.50. The van der Waals surface area contributed by atoms with Crippen molar-refractivity contribution in [3.05, 3.63) is 60.0 Å². The molecule has 0 bridgehead atoms. The summed E-state index contributed by atoms with van der Waals surface area (Å²) in [5, 5.41) is 0. The molecule has 0 fully saturated rings. The minimum Gasteiger partial charge on any atom is -0.492 e. The molecule has 5 heteroatoms. The fourth-order valence-corrected chi connectivity index (χ4v) is 3.98. The number of benzene rings is 2. The number of hydrogen-bond acceptors (Lipinski definition) is 3. The van der Waals surface area contributed by atoms with Gasteiger partial charge in [0.2, 0.25) is 0 Å². The predicted octanol–water partition coefficient (Wildman–Crippen LogP) is 3.77. The highest BCUT2D eigenvalue weighted by molar-refractivity contribution is 7.92. The fraction of sp³-hybridized carbons (Fsp3) is 0.278. The average Bonchev–Trinajstić information content (AvgIpc) is 2.55. The number of sulfonamides is 1. The molecule has 0 amide bonds. The molecule has 1 aliphatic rings. The van der Waals surface area contributed by atoms with E-state index in [1.807, 2.05) is 25.1 Å². The van der Waals surface area contributed by atoms with Crippen molar-refractivity contribution in [3.63, 3.8) is 0 Å². The first kappa shape index (κ1) is 15.9. The zero-order chi connectivity index (χ0) is 16.3. The third kappa shape index (κ3) is 3.50. The molecule has 0 unspecified atom stereocenters. The van der Waals surface area contributed by atoms with Crippen molar-refractivity contribution in [2.24, 2.45) is 0 Å². The molecular formula is C18H20NO3S. The van der Waals surface area contributed by atoms with Crippen LogP contribution in [0.5, 0.6) is 5.75 Å². The summed E-state index contributed by atoms with van der Waals surface area (Å²) in [4.78, 5) is 0.156. The van der Waals surface area contributed by atoms with Crippen LogP contribution in [0, 0.1) is 6.42 Å². The van der Waals surface area contributed by atoms with E-state index in [0.29, 0.717) is 18.0 Å². The minimum atomic E-state index is -3.68. The van der Waals surface area contributed by atoms with E-state index in [2.05, 4.69) is 11.1 Å². The normalized spacial score (nSPS) is 14.1. The van der Waals surface area contributed by atoms with Crippen LogP contribution in [0.4, 0.5) is 5.69 Å². The van der Waals surface area contributed by atoms with Gasteiger partial charge in [0.1, 0.15) is 10.6 Å². The summed E-state index contributed by atoms with van der Waals surface area (Å²) in [5.41, 5.74) is 2.97. The van der Waals surface area contributed by atoms with Gasteiger partial charge >= 0.3 is 0 Å². The lowest BCUT2D eigenvalue weighted by Crippen LogP contribution is -2.15. The molecular weight excluding hydrogens is 310 g/mol. The lowest BCUT2D eigenvalue weighted by atomic mass is 9.91. The van der Waals surface area contributed by atoms with Crippen LogP contribution in [0.15, 0.2) is 47.4 Å². The molecule has 0 saturated heterocycles. The van der Waals surface area contributed by atoms with E-state index in [0.717, 1.165) is 24.8 Å². The first-order valence-corrected chi connectivity index (χ1v) is 9.29. The Labute approximate surface area is 137 Å². The summed E-state index contributed by atoms with van der Waals surface area (Å²) in [6.07, 6.45) is 5.40. The van der Waals surface area contributed by atoms with Crippen LogP contribution in [-0.2, 0) is 16.4 Å². The predicted molar refractivity (Wildman–Crippen MR) is 91.2 cm³/mol. The Morgan fingerprint density at radius 1 is 1.17 bits per heavy atom. The van der Waals surface area contributed by atoms with Gasteiger partial charge in [0, 0.05) is 5.69 Å². The van der Waals surface area contributed by atoms with E-state index < -0.39 is 10.0 Å². The third-order valence-electron chi connectivity index (χ3n) is 3.85. The molecule has 23 heavy (non-hydrogen) atoms. The van der Waals surface area contributed by atoms with Gasteiger partial charge in [-0.15, -0.1) is 0 Å². The number of hydrogen-bond donors (Lipinski definition) is 1. The van der Waals surface area contributed by atoms with E-state index in [9.17, 15) is 8.42 Å². The van der Waals surface area contributed by atoms with Crippen LogP contribution >= 0.6 is 0 Å². The number of fused-ring (bicyclic) bond motifs is 1. The molecule has 0 aliphatic heterocycles. The van der Waals surface area contributed by atoms with E-state index >= 15 is 0 Å². The highest BCUT2D eigenvalue weighted by Gasteiger charge is 2.20. The largest absolute Gasteiger partial charge is 0.492 e. The van der Waals surface area contributed by atoms with E-state index in [1.165, 1.54) is 5.56 Å². The Balaban J connectivity index is 1.90. The molecule has 0 aromatic heterocycles. The van der Waals surface area contributed by atoms with Gasteiger partial charge in [0.05, 0.1) is 6.61 Å². The summed E-state index contributed by atoms with van der Waals surface area (Å²) in [6, 6.07) is 12.4. The van der Waals surface area contributed by atoms with E-state index in [4.69, 9.17) is 4.74 Å². The first-order valence-electron chi connectivity index (χ1n) is 7.81. The number of rotatable bonds is 5. The van der Waals surface area contributed by atoms with Gasteiger partial charge in [0.15, 0.2) is 0 Å². The van der Waals surface area contributed by atoms with Gasteiger partial charge in [-0.05, 0) is 68.0 Å². The van der Waals surface area contributed by atoms with Crippen molar-refractivity contribution in [2.45, 2.75) is 31.1 Å². The first-order chi connectivity index (χ1) is 11.1. The molecule has 0 saturated carbocycles. The number of anilines is 1. The standard InChI is InChI=1S/C18H20NO3S/c1-2-22-17-9-5-6-10-18(17)23(20,21)19-16-12-11-14-7-3-4-8-15(14)13-16/h5-6,8-13,19H,2-4,7H2,1H3. The topological polar surface area (TPSA) is 55.4 Å².